The molecule has 0 radical (unpaired) electrons. The molecule has 2 aromatic heterocycles. The van der Waals surface area contributed by atoms with E-state index in [9.17, 15) is 22.8 Å². The van der Waals surface area contributed by atoms with Gasteiger partial charge in [0.05, 0.1) is 36.5 Å². The molecule has 0 spiro atoms. The third-order valence-corrected chi connectivity index (χ3v) is 9.05. The Labute approximate surface area is 247 Å². The number of hydrogen-bond donors (Lipinski definition) is 1. The minimum Gasteiger partial charge on any atom is -0.495 e. The molecule has 4 rings (SSSR count). The molecule has 41 heavy (non-hydrogen) atoms. The summed E-state index contributed by atoms with van der Waals surface area (Å²) in [5.74, 6) is -1.01. The second kappa shape index (κ2) is 15.4. The highest BCUT2D eigenvalue weighted by Crippen LogP contribution is 2.30. The second-order valence-corrected chi connectivity index (χ2v) is 12.5. The largest absolute Gasteiger partial charge is 0.495 e. The predicted octanol–water partition coefficient (Wildman–Crippen LogP) is 3.27. The summed E-state index contributed by atoms with van der Waals surface area (Å²) in [5.41, 5.74) is 0.497. The van der Waals surface area contributed by atoms with E-state index >= 15 is 0 Å². The Morgan fingerprint density at radius 2 is 1.78 bits per heavy atom. The van der Waals surface area contributed by atoms with Crippen LogP contribution < -0.4 is 10.1 Å². The number of thiophene rings is 2. The molecule has 11 nitrogen and oxygen atoms in total. The summed E-state index contributed by atoms with van der Waals surface area (Å²) in [5, 5.41) is 6.34. The number of methoxy groups -OCH3 is 1. The van der Waals surface area contributed by atoms with E-state index in [1.54, 1.807) is 26.2 Å². The molecule has 220 valence electrons. The zero-order valence-corrected chi connectivity index (χ0v) is 25.2. The zero-order chi connectivity index (χ0) is 29.8. The smallest absolute Gasteiger partial charge is 0.340 e. The monoisotopic (exact) mass is 621 g/mol. The van der Waals surface area contributed by atoms with Gasteiger partial charge in [-0.25, -0.2) is 13.2 Å². The quantitative estimate of drug-likeness (QED) is 0.207. The Bertz CT molecular complexity index is 1430. The Hall–Kier alpha value is -3.56. The lowest BCUT2D eigenvalue weighted by Gasteiger charge is -2.26. The summed E-state index contributed by atoms with van der Waals surface area (Å²) in [6, 6.07) is 11.6. The van der Waals surface area contributed by atoms with E-state index in [0.717, 1.165) is 16.2 Å². The van der Waals surface area contributed by atoms with Gasteiger partial charge in [-0.15, -0.1) is 22.7 Å². The number of nitrogens with zero attached hydrogens (tertiary/aromatic N) is 2. The van der Waals surface area contributed by atoms with Gasteiger partial charge in [0.2, 0.25) is 16.4 Å². The van der Waals surface area contributed by atoms with Crippen molar-refractivity contribution in [3.8, 4) is 5.75 Å². The Morgan fingerprint density at radius 1 is 1.10 bits per heavy atom. The molecule has 1 aromatic carbocycles. The average molecular weight is 622 g/mol. The number of nitrogens with one attached hydrogen (secondary N) is 1. The number of carbonyl (C=O) groups is 3. The number of sulfonamides is 1. The van der Waals surface area contributed by atoms with Gasteiger partial charge in [0.1, 0.15) is 5.75 Å². The lowest BCUT2D eigenvalue weighted by Crippen LogP contribution is -2.40. The fourth-order valence-electron chi connectivity index (χ4n) is 3.45. The summed E-state index contributed by atoms with van der Waals surface area (Å²) in [7, 11) is 1.01. The summed E-state index contributed by atoms with van der Waals surface area (Å²) < 4.78 is 43.1. The molecule has 3 aromatic rings. The number of hydrogen-bond acceptors (Lipinski definition) is 10. The van der Waals surface area contributed by atoms with Crippen molar-refractivity contribution in [3.63, 3.8) is 0 Å². The Kier molecular flexibility index (Phi) is 12.0. The number of carbonyl (C=O) groups excluding carboxylic acids is 3. The van der Waals surface area contributed by atoms with Crippen LogP contribution in [0.2, 0.25) is 0 Å². The first kappa shape index (κ1) is 32.0. The highest BCUT2D eigenvalue weighted by Gasteiger charge is 2.27. The molecule has 0 unspecified atom stereocenters. The van der Waals surface area contributed by atoms with E-state index in [1.165, 1.54) is 57.2 Å². The molecular weight excluding hydrogens is 591 g/mol. The van der Waals surface area contributed by atoms with Crippen molar-refractivity contribution >= 4 is 68.3 Å². The van der Waals surface area contributed by atoms with Gasteiger partial charge in [0.25, 0.3) is 5.91 Å². The standard InChI is InChI=1S/C24H24N2O7S3.C3H7NO/c1-31-21-7-6-18(36(29,30)26-8-10-32-11-9-26)15-20(21)25-23(27)16-33-24(28)19(22-5-3-13-35-22)14-17-4-2-12-34-17;1-4(2)3-5/h2-7,12-15H,8-11,16H2,1H3,(H,25,27);3H,1-2H3/b19-14+;. The summed E-state index contributed by atoms with van der Waals surface area (Å²) in [6.07, 6.45) is 2.47. The van der Waals surface area contributed by atoms with Crippen LogP contribution in [0.1, 0.15) is 9.75 Å². The minimum absolute atomic E-state index is 0.0105. The van der Waals surface area contributed by atoms with Gasteiger partial charge in [-0.3, -0.25) is 9.59 Å². The molecule has 3 heterocycles. The highest BCUT2D eigenvalue weighted by atomic mass is 32.2. The first-order valence-electron chi connectivity index (χ1n) is 12.3. The molecule has 0 saturated carbocycles. The van der Waals surface area contributed by atoms with Crippen LogP contribution >= 0.6 is 22.7 Å². The molecule has 0 atom stereocenters. The molecule has 1 aliphatic heterocycles. The van der Waals surface area contributed by atoms with Crippen LogP contribution in [-0.2, 0) is 33.9 Å². The fourth-order valence-corrected chi connectivity index (χ4v) is 6.28. The fraction of sp³-hybridized carbons (Fsp3) is 0.296. The summed E-state index contributed by atoms with van der Waals surface area (Å²) in [4.78, 5) is 38.0. The van der Waals surface area contributed by atoms with Crippen molar-refractivity contribution in [1.82, 2.24) is 9.21 Å². The SMILES string of the molecule is CN(C)C=O.COc1ccc(S(=O)(=O)N2CCOCC2)cc1NC(=O)COC(=O)/C(=C/c1cccs1)c1cccs1. The van der Waals surface area contributed by atoms with E-state index in [0.29, 0.717) is 18.8 Å². The van der Waals surface area contributed by atoms with Gasteiger partial charge in [0, 0.05) is 36.9 Å². The number of esters is 1. The van der Waals surface area contributed by atoms with Gasteiger partial charge in [-0.05, 0) is 47.2 Å². The van der Waals surface area contributed by atoms with Crippen LogP contribution in [0.4, 0.5) is 5.69 Å². The number of amides is 2. The van der Waals surface area contributed by atoms with Crippen molar-refractivity contribution in [2.75, 3.05) is 59.4 Å². The van der Waals surface area contributed by atoms with Crippen LogP contribution in [0.25, 0.3) is 11.6 Å². The van der Waals surface area contributed by atoms with E-state index in [2.05, 4.69) is 5.32 Å². The van der Waals surface area contributed by atoms with Crippen LogP contribution in [0.15, 0.2) is 58.1 Å². The van der Waals surface area contributed by atoms with Crippen molar-refractivity contribution in [2.45, 2.75) is 4.90 Å². The van der Waals surface area contributed by atoms with Crippen molar-refractivity contribution in [3.05, 3.63) is 63.0 Å². The van der Waals surface area contributed by atoms with Crippen LogP contribution in [0, 0.1) is 0 Å². The topological polar surface area (TPSA) is 132 Å². The molecule has 14 heteroatoms. The van der Waals surface area contributed by atoms with Gasteiger partial charge in [0.15, 0.2) is 6.61 Å². The summed E-state index contributed by atoms with van der Waals surface area (Å²) in [6.45, 7) is 0.572. The van der Waals surface area contributed by atoms with Crippen LogP contribution in [0.3, 0.4) is 0 Å². The molecular formula is C27H31N3O8S3. The number of anilines is 1. The molecule has 1 saturated heterocycles. The average Bonchev–Trinajstić information content (AvgIpc) is 3.70. The third-order valence-electron chi connectivity index (χ3n) is 5.43. The van der Waals surface area contributed by atoms with Gasteiger partial charge in [-0.2, -0.15) is 4.31 Å². The third kappa shape index (κ3) is 9.23. The Morgan fingerprint density at radius 3 is 2.37 bits per heavy atom. The van der Waals surface area contributed by atoms with E-state index < -0.39 is 28.5 Å². The number of benzene rings is 1. The van der Waals surface area contributed by atoms with Crippen molar-refractivity contribution in [1.29, 1.82) is 0 Å². The molecule has 0 bridgehead atoms. The Balaban J connectivity index is 0.000000850. The van der Waals surface area contributed by atoms with E-state index in [4.69, 9.17) is 14.2 Å². The molecule has 0 aliphatic carbocycles. The maximum atomic E-state index is 13.0. The number of morpholine rings is 1. The minimum atomic E-state index is -3.78. The highest BCUT2D eigenvalue weighted by molar-refractivity contribution is 7.89. The van der Waals surface area contributed by atoms with E-state index in [-0.39, 0.29) is 29.4 Å². The first-order valence-corrected chi connectivity index (χ1v) is 15.5. The van der Waals surface area contributed by atoms with Gasteiger partial charge in [-0.1, -0.05) is 12.1 Å². The first-order chi connectivity index (χ1) is 19.6. The predicted molar refractivity (Wildman–Crippen MR) is 158 cm³/mol. The van der Waals surface area contributed by atoms with Gasteiger partial charge >= 0.3 is 5.97 Å². The number of rotatable bonds is 10. The molecule has 1 N–H and O–H groups in total. The molecule has 1 fully saturated rings. The maximum absolute atomic E-state index is 13.0. The lowest BCUT2D eigenvalue weighted by molar-refractivity contribution is -0.141. The number of ether oxygens (including phenoxy) is 3. The van der Waals surface area contributed by atoms with E-state index in [1.807, 2.05) is 29.0 Å². The molecule has 2 amide bonds. The van der Waals surface area contributed by atoms with Gasteiger partial charge < -0.3 is 24.4 Å². The van der Waals surface area contributed by atoms with Crippen LogP contribution in [0.5, 0.6) is 5.75 Å². The van der Waals surface area contributed by atoms with Crippen molar-refractivity contribution < 1.29 is 37.0 Å². The maximum Gasteiger partial charge on any atom is 0.340 e. The normalized spacial score (nSPS) is 13.9. The second-order valence-electron chi connectivity index (χ2n) is 8.62. The summed E-state index contributed by atoms with van der Waals surface area (Å²) >= 11 is 2.87. The molecule has 1 aliphatic rings. The van der Waals surface area contributed by atoms with Crippen molar-refractivity contribution in [2.24, 2.45) is 0 Å². The zero-order valence-electron chi connectivity index (χ0n) is 22.8. The lowest BCUT2D eigenvalue weighted by atomic mass is 10.2. The van der Waals surface area contributed by atoms with Crippen LogP contribution in [-0.4, -0.2) is 90.0 Å².